The Labute approximate surface area is 103 Å². The van der Waals surface area contributed by atoms with Crippen molar-refractivity contribution in [2.24, 2.45) is 5.41 Å². The van der Waals surface area contributed by atoms with Crippen molar-refractivity contribution >= 4 is 11.8 Å². The molecular formula is C12H24N2O3. The fraction of sp³-hybridized carbons (Fsp3) is 0.833. The molecule has 100 valence electrons. The molecule has 0 saturated carbocycles. The van der Waals surface area contributed by atoms with Gasteiger partial charge >= 0.3 is 0 Å². The Hall–Kier alpha value is -1.10. The van der Waals surface area contributed by atoms with Crippen LogP contribution in [0.2, 0.25) is 0 Å². The van der Waals surface area contributed by atoms with Crippen LogP contribution in [0.25, 0.3) is 0 Å². The van der Waals surface area contributed by atoms with Crippen LogP contribution in [0.5, 0.6) is 0 Å². The molecule has 2 amide bonds. The molecule has 0 aromatic heterocycles. The second-order valence-electron chi connectivity index (χ2n) is 5.27. The zero-order valence-electron chi connectivity index (χ0n) is 11.2. The Morgan fingerprint density at radius 3 is 2.29 bits per heavy atom. The molecule has 0 aliphatic heterocycles. The van der Waals surface area contributed by atoms with Crippen molar-refractivity contribution < 1.29 is 14.7 Å². The van der Waals surface area contributed by atoms with E-state index in [2.05, 4.69) is 10.6 Å². The zero-order chi connectivity index (χ0) is 13.5. The number of hydrogen-bond donors (Lipinski definition) is 3. The summed E-state index contributed by atoms with van der Waals surface area (Å²) >= 11 is 0. The Morgan fingerprint density at radius 2 is 1.82 bits per heavy atom. The summed E-state index contributed by atoms with van der Waals surface area (Å²) < 4.78 is 0. The van der Waals surface area contributed by atoms with E-state index in [9.17, 15) is 9.59 Å². The largest absolute Gasteiger partial charge is 0.393 e. The summed E-state index contributed by atoms with van der Waals surface area (Å²) in [6, 6.07) is 0. The minimum Gasteiger partial charge on any atom is -0.393 e. The maximum atomic E-state index is 11.5. The first-order chi connectivity index (χ1) is 7.73. The normalized spacial score (nSPS) is 13.0. The van der Waals surface area contributed by atoms with Crippen LogP contribution in [0.4, 0.5) is 0 Å². The number of nitrogens with one attached hydrogen (secondary N) is 2. The minimum atomic E-state index is -0.480. The zero-order valence-corrected chi connectivity index (χ0v) is 11.2. The molecule has 17 heavy (non-hydrogen) atoms. The molecule has 0 spiro atoms. The lowest BCUT2D eigenvalue weighted by Crippen LogP contribution is -2.41. The van der Waals surface area contributed by atoms with Crippen molar-refractivity contribution in [3.63, 3.8) is 0 Å². The summed E-state index contributed by atoms with van der Waals surface area (Å²) in [6.45, 7) is 7.62. The highest BCUT2D eigenvalue weighted by molar-refractivity contribution is 5.87. The van der Waals surface area contributed by atoms with Gasteiger partial charge in [0.15, 0.2) is 0 Å². The van der Waals surface area contributed by atoms with E-state index >= 15 is 0 Å². The SMILES string of the molecule is CC(O)CCCNC(=O)CNC(=O)C(C)(C)C. The number of aliphatic hydroxyl groups is 1. The first-order valence-electron chi connectivity index (χ1n) is 5.96. The molecule has 0 aliphatic carbocycles. The molecule has 0 aromatic rings. The van der Waals surface area contributed by atoms with Crippen molar-refractivity contribution in [1.82, 2.24) is 10.6 Å². The van der Waals surface area contributed by atoms with Crippen molar-refractivity contribution in [3.8, 4) is 0 Å². The fourth-order valence-corrected chi connectivity index (χ4v) is 1.11. The van der Waals surface area contributed by atoms with Crippen LogP contribution in [0.15, 0.2) is 0 Å². The van der Waals surface area contributed by atoms with E-state index in [0.717, 1.165) is 6.42 Å². The molecule has 0 fully saturated rings. The summed E-state index contributed by atoms with van der Waals surface area (Å²) in [7, 11) is 0. The molecule has 3 N–H and O–H groups in total. The smallest absolute Gasteiger partial charge is 0.239 e. The molecule has 0 saturated heterocycles. The molecule has 0 radical (unpaired) electrons. The Morgan fingerprint density at radius 1 is 1.24 bits per heavy atom. The predicted molar refractivity (Wildman–Crippen MR) is 66.4 cm³/mol. The average Bonchev–Trinajstić information content (AvgIpc) is 2.19. The molecule has 1 atom stereocenters. The lowest BCUT2D eigenvalue weighted by atomic mass is 9.96. The highest BCUT2D eigenvalue weighted by Crippen LogP contribution is 2.11. The molecule has 1 unspecified atom stereocenters. The van der Waals surface area contributed by atoms with Gasteiger partial charge in [-0.2, -0.15) is 0 Å². The summed E-state index contributed by atoms with van der Waals surface area (Å²) in [6.07, 6.45) is 1.05. The molecular weight excluding hydrogens is 220 g/mol. The number of carbonyl (C=O) groups is 2. The third-order valence-electron chi connectivity index (χ3n) is 2.21. The van der Waals surface area contributed by atoms with E-state index in [1.807, 2.05) is 0 Å². The summed E-state index contributed by atoms with van der Waals surface area (Å²) in [5.74, 6) is -0.343. The first kappa shape index (κ1) is 15.9. The highest BCUT2D eigenvalue weighted by Gasteiger charge is 2.21. The predicted octanol–water partition coefficient (Wildman–Crippen LogP) is 0.426. The van der Waals surface area contributed by atoms with Crippen LogP contribution < -0.4 is 10.6 Å². The lowest BCUT2D eigenvalue weighted by Gasteiger charge is -2.17. The fourth-order valence-electron chi connectivity index (χ4n) is 1.11. The van der Waals surface area contributed by atoms with E-state index in [0.29, 0.717) is 13.0 Å². The maximum absolute atomic E-state index is 11.5. The van der Waals surface area contributed by atoms with Gasteiger partial charge in [-0.3, -0.25) is 9.59 Å². The van der Waals surface area contributed by atoms with E-state index < -0.39 is 5.41 Å². The number of aliphatic hydroxyl groups excluding tert-OH is 1. The van der Waals surface area contributed by atoms with E-state index in [-0.39, 0.29) is 24.5 Å². The molecule has 5 heteroatoms. The van der Waals surface area contributed by atoms with Gasteiger partial charge in [-0.25, -0.2) is 0 Å². The quantitative estimate of drug-likeness (QED) is 0.593. The molecule has 0 aromatic carbocycles. The summed E-state index contributed by atoms with van der Waals surface area (Å²) in [4.78, 5) is 22.8. The van der Waals surface area contributed by atoms with Gasteiger partial charge in [0.1, 0.15) is 0 Å². The number of hydrogen-bond acceptors (Lipinski definition) is 3. The number of carbonyl (C=O) groups excluding carboxylic acids is 2. The van der Waals surface area contributed by atoms with Crippen molar-refractivity contribution in [3.05, 3.63) is 0 Å². The van der Waals surface area contributed by atoms with Crippen LogP contribution in [0.3, 0.4) is 0 Å². The van der Waals surface area contributed by atoms with Crippen molar-refractivity contribution in [2.45, 2.75) is 46.6 Å². The van der Waals surface area contributed by atoms with Gasteiger partial charge in [-0.15, -0.1) is 0 Å². The Balaban J connectivity index is 3.64. The molecule has 0 heterocycles. The molecule has 0 bridgehead atoms. The van der Waals surface area contributed by atoms with Gasteiger partial charge in [-0.1, -0.05) is 20.8 Å². The van der Waals surface area contributed by atoms with Crippen molar-refractivity contribution in [1.29, 1.82) is 0 Å². The average molecular weight is 244 g/mol. The van der Waals surface area contributed by atoms with Crippen LogP contribution >= 0.6 is 0 Å². The molecule has 0 aliphatic rings. The van der Waals surface area contributed by atoms with Crippen molar-refractivity contribution in [2.75, 3.05) is 13.1 Å². The topological polar surface area (TPSA) is 78.4 Å². The lowest BCUT2D eigenvalue weighted by molar-refractivity contribution is -0.131. The third-order valence-corrected chi connectivity index (χ3v) is 2.21. The van der Waals surface area contributed by atoms with Gasteiger partial charge in [0.2, 0.25) is 11.8 Å². The first-order valence-corrected chi connectivity index (χ1v) is 5.96. The maximum Gasteiger partial charge on any atom is 0.239 e. The van der Waals surface area contributed by atoms with Gasteiger partial charge in [0, 0.05) is 12.0 Å². The monoisotopic (exact) mass is 244 g/mol. The number of amides is 2. The van der Waals surface area contributed by atoms with Gasteiger partial charge in [0.05, 0.1) is 12.6 Å². The third kappa shape index (κ3) is 8.68. The second kappa shape index (κ2) is 7.27. The summed E-state index contributed by atoms with van der Waals surface area (Å²) in [5.41, 5.74) is -0.480. The minimum absolute atomic E-state index is 0.00474. The van der Waals surface area contributed by atoms with Gasteiger partial charge in [0.25, 0.3) is 0 Å². The highest BCUT2D eigenvalue weighted by atomic mass is 16.3. The standard InChI is InChI=1S/C12H24N2O3/c1-9(15)6-5-7-13-10(16)8-14-11(17)12(2,3)4/h9,15H,5-8H2,1-4H3,(H,13,16)(H,14,17). The van der Waals surface area contributed by atoms with Crippen LogP contribution in [0.1, 0.15) is 40.5 Å². The summed E-state index contributed by atoms with van der Waals surface area (Å²) in [5, 5.41) is 14.3. The van der Waals surface area contributed by atoms with Crippen LogP contribution in [0, 0.1) is 5.41 Å². The van der Waals surface area contributed by atoms with Crippen LogP contribution in [-0.2, 0) is 9.59 Å². The van der Waals surface area contributed by atoms with E-state index in [1.165, 1.54) is 0 Å². The Kier molecular flexibility index (Phi) is 6.80. The van der Waals surface area contributed by atoms with E-state index in [4.69, 9.17) is 5.11 Å². The Bertz CT molecular complexity index is 257. The van der Waals surface area contributed by atoms with E-state index in [1.54, 1.807) is 27.7 Å². The number of rotatable bonds is 6. The van der Waals surface area contributed by atoms with Gasteiger partial charge < -0.3 is 15.7 Å². The van der Waals surface area contributed by atoms with Gasteiger partial charge in [-0.05, 0) is 19.8 Å². The molecule has 5 nitrogen and oxygen atoms in total. The second-order valence-corrected chi connectivity index (χ2v) is 5.27. The van der Waals surface area contributed by atoms with Crippen LogP contribution in [-0.4, -0.2) is 36.1 Å². The molecule has 0 rings (SSSR count).